The first-order chi connectivity index (χ1) is 8.83. The highest BCUT2D eigenvalue weighted by molar-refractivity contribution is 5.14. The van der Waals surface area contributed by atoms with Crippen LogP contribution in [0.2, 0.25) is 0 Å². The highest BCUT2D eigenvalue weighted by Crippen LogP contribution is 2.02. The standard InChI is InChI=1S/C16H27NO/c1-3-17-15(2)9-7-8-13-18-14-12-16-10-5-4-6-11-16/h4-6,10-11,15,17H,3,7-9,12-14H2,1-2H3. The molecule has 0 aromatic heterocycles. The predicted octanol–water partition coefficient (Wildman–Crippen LogP) is 3.41. The largest absolute Gasteiger partial charge is 0.381 e. The molecule has 18 heavy (non-hydrogen) atoms. The lowest BCUT2D eigenvalue weighted by molar-refractivity contribution is 0.132. The van der Waals surface area contributed by atoms with Crippen molar-refractivity contribution in [3.8, 4) is 0 Å². The molecule has 0 saturated carbocycles. The lowest BCUT2D eigenvalue weighted by Crippen LogP contribution is -2.25. The van der Waals surface area contributed by atoms with Gasteiger partial charge in [0.25, 0.3) is 0 Å². The number of benzene rings is 1. The van der Waals surface area contributed by atoms with E-state index in [-0.39, 0.29) is 0 Å². The van der Waals surface area contributed by atoms with Gasteiger partial charge in [-0.3, -0.25) is 0 Å². The summed E-state index contributed by atoms with van der Waals surface area (Å²) in [5, 5.41) is 3.43. The highest BCUT2D eigenvalue weighted by atomic mass is 16.5. The topological polar surface area (TPSA) is 21.3 Å². The minimum atomic E-state index is 0.638. The van der Waals surface area contributed by atoms with Crippen molar-refractivity contribution in [1.82, 2.24) is 5.32 Å². The Morgan fingerprint density at radius 1 is 1.11 bits per heavy atom. The second-order valence-electron chi connectivity index (χ2n) is 4.80. The van der Waals surface area contributed by atoms with Crippen LogP contribution in [-0.2, 0) is 11.2 Å². The summed E-state index contributed by atoms with van der Waals surface area (Å²) in [5.41, 5.74) is 1.36. The normalized spacial score (nSPS) is 12.6. The lowest BCUT2D eigenvalue weighted by atomic mass is 10.1. The molecule has 1 unspecified atom stereocenters. The first kappa shape index (κ1) is 15.2. The minimum Gasteiger partial charge on any atom is -0.381 e. The average molecular weight is 249 g/mol. The fourth-order valence-electron chi connectivity index (χ4n) is 2.04. The van der Waals surface area contributed by atoms with Crippen LogP contribution in [0.1, 0.15) is 38.7 Å². The van der Waals surface area contributed by atoms with Gasteiger partial charge in [0, 0.05) is 12.6 Å². The van der Waals surface area contributed by atoms with E-state index in [1.165, 1.54) is 24.8 Å². The Morgan fingerprint density at radius 2 is 1.89 bits per heavy atom. The van der Waals surface area contributed by atoms with Crippen LogP contribution in [0, 0.1) is 0 Å². The molecule has 0 fully saturated rings. The zero-order valence-electron chi connectivity index (χ0n) is 11.8. The lowest BCUT2D eigenvalue weighted by Gasteiger charge is -2.11. The van der Waals surface area contributed by atoms with E-state index in [0.29, 0.717) is 6.04 Å². The molecule has 0 radical (unpaired) electrons. The molecular weight excluding hydrogens is 222 g/mol. The number of unbranched alkanes of at least 4 members (excludes halogenated alkanes) is 1. The molecule has 0 amide bonds. The van der Waals surface area contributed by atoms with Crippen LogP contribution < -0.4 is 5.32 Å². The van der Waals surface area contributed by atoms with E-state index >= 15 is 0 Å². The fourth-order valence-corrected chi connectivity index (χ4v) is 2.04. The van der Waals surface area contributed by atoms with Crippen LogP contribution in [0.4, 0.5) is 0 Å². The third kappa shape index (κ3) is 7.46. The maximum atomic E-state index is 5.66. The van der Waals surface area contributed by atoms with Crippen molar-refractivity contribution in [2.75, 3.05) is 19.8 Å². The first-order valence-electron chi connectivity index (χ1n) is 7.18. The van der Waals surface area contributed by atoms with Gasteiger partial charge in [-0.25, -0.2) is 0 Å². The Kier molecular flexibility index (Phi) is 8.53. The Morgan fingerprint density at radius 3 is 2.61 bits per heavy atom. The van der Waals surface area contributed by atoms with E-state index in [1.54, 1.807) is 0 Å². The maximum absolute atomic E-state index is 5.66. The van der Waals surface area contributed by atoms with Gasteiger partial charge in [0.1, 0.15) is 0 Å². The van der Waals surface area contributed by atoms with Gasteiger partial charge in [0.15, 0.2) is 0 Å². The Bertz CT molecular complexity index is 286. The van der Waals surface area contributed by atoms with Gasteiger partial charge >= 0.3 is 0 Å². The number of ether oxygens (including phenoxy) is 1. The summed E-state index contributed by atoms with van der Waals surface area (Å²) in [6.45, 7) is 7.20. The quantitative estimate of drug-likeness (QED) is 0.642. The molecule has 1 aromatic rings. The molecule has 0 bridgehead atoms. The molecule has 1 rings (SSSR count). The number of nitrogens with one attached hydrogen (secondary N) is 1. The molecule has 1 aromatic carbocycles. The van der Waals surface area contributed by atoms with E-state index in [1.807, 2.05) is 0 Å². The molecule has 0 heterocycles. The molecule has 1 atom stereocenters. The van der Waals surface area contributed by atoms with Gasteiger partial charge in [0.2, 0.25) is 0 Å². The minimum absolute atomic E-state index is 0.638. The van der Waals surface area contributed by atoms with Gasteiger partial charge in [-0.2, -0.15) is 0 Å². The zero-order chi connectivity index (χ0) is 13.1. The summed E-state index contributed by atoms with van der Waals surface area (Å²) in [4.78, 5) is 0. The van der Waals surface area contributed by atoms with Crippen LogP contribution in [0.5, 0.6) is 0 Å². The van der Waals surface area contributed by atoms with Crippen LogP contribution >= 0.6 is 0 Å². The Balaban J connectivity index is 1.90. The van der Waals surface area contributed by atoms with Crippen molar-refractivity contribution in [2.24, 2.45) is 0 Å². The summed E-state index contributed by atoms with van der Waals surface area (Å²) < 4.78 is 5.66. The SMILES string of the molecule is CCNC(C)CCCCOCCc1ccccc1. The first-order valence-corrected chi connectivity index (χ1v) is 7.18. The summed E-state index contributed by atoms with van der Waals surface area (Å²) in [7, 11) is 0. The molecular formula is C16H27NO. The third-order valence-corrected chi connectivity index (χ3v) is 3.11. The van der Waals surface area contributed by atoms with Gasteiger partial charge in [-0.15, -0.1) is 0 Å². The van der Waals surface area contributed by atoms with Gasteiger partial charge in [-0.05, 0) is 44.7 Å². The van der Waals surface area contributed by atoms with Gasteiger partial charge in [-0.1, -0.05) is 37.3 Å². The van der Waals surface area contributed by atoms with Crippen LogP contribution in [0.25, 0.3) is 0 Å². The van der Waals surface area contributed by atoms with Crippen molar-refractivity contribution in [1.29, 1.82) is 0 Å². The van der Waals surface area contributed by atoms with E-state index < -0.39 is 0 Å². The second-order valence-corrected chi connectivity index (χ2v) is 4.80. The molecule has 0 spiro atoms. The third-order valence-electron chi connectivity index (χ3n) is 3.11. The van der Waals surface area contributed by atoms with Crippen molar-refractivity contribution < 1.29 is 4.74 Å². The van der Waals surface area contributed by atoms with Crippen LogP contribution in [0.15, 0.2) is 30.3 Å². The van der Waals surface area contributed by atoms with Crippen molar-refractivity contribution >= 4 is 0 Å². The molecule has 2 nitrogen and oxygen atoms in total. The van der Waals surface area contributed by atoms with Crippen molar-refractivity contribution in [2.45, 2.75) is 45.6 Å². The molecule has 1 N–H and O–H groups in total. The fraction of sp³-hybridized carbons (Fsp3) is 0.625. The number of hydrogen-bond donors (Lipinski definition) is 1. The molecule has 0 aliphatic rings. The molecule has 102 valence electrons. The van der Waals surface area contributed by atoms with Gasteiger partial charge in [0.05, 0.1) is 6.61 Å². The summed E-state index contributed by atoms with van der Waals surface area (Å²) in [6.07, 6.45) is 4.69. The highest BCUT2D eigenvalue weighted by Gasteiger charge is 1.99. The summed E-state index contributed by atoms with van der Waals surface area (Å²) in [5.74, 6) is 0. The summed E-state index contributed by atoms with van der Waals surface area (Å²) in [6, 6.07) is 11.2. The van der Waals surface area contributed by atoms with Gasteiger partial charge < -0.3 is 10.1 Å². The number of rotatable bonds is 10. The Labute approximate surface area is 112 Å². The Hall–Kier alpha value is -0.860. The smallest absolute Gasteiger partial charge is 0.0506 e. The maximum Gasteiger partial charge on any atom is 0.0506 e. The van der Waals surface area contributed by atoms with E-state index in [0.717, 1.165) is 26.2 Å². The van der Waals surface area contributed by atoms with Crippen molar-refractivity contribution in [3.63, 3.8) is 0 Å². The zero-order valence-corrected chi connectivity index (χ0v) is 11.8. The van der Waals surface area contributed by atoms with E-state index in [4.69, 9.17) is 4.74 Å². The predicted molar refractivity (Wildman–Crippen MR) is 78.0 cm³/mol. The van der Waals surface area contributed by atoms with E-state index in [2.05, 4.69) is 49.5 Å². The molecule has 0 aliphatic carbocycles. The summed E-state index contributed by atoms with van der Waals surface area (Å²) >= 11 is 0. The molecule has 0 aliphatic heterocycles. The second kappa shape index (κ2) is 10.1. The molecule has 2 heteroatoms. The average Bonchev–Trinajstić information content (AvgIpc) is 2.39. The van der Waals surface area contributed by atoms with Crippen LogP contribution in [-0.4, -0.2) is 25.8 Å². The van der Waals surface area contributed by atoms with Crippen LogP contribution in [0.3, 0.4) is 0 Å². The molecule has 0 saturated heterocycles. The monoisotopic (exact) mass is 249 g/mol. The number of hydrogen-bond acceptors (Lipinski definition) is 2. The van der Waals surface area contributed by atoms with Crippen molar-refractivity contribution in [3.05, 3.63) is 35.9 Å². The van der Waals surface area contributed by atoms with E-state index in [9.17, 15) is 0 Å².